The Morgan fingerprint density at radius 3 is 2.45 bits per heavy atom. The van der Waals surface area contributed by atoms with Gasteiger partial charge in [-0.3, -0.25) is 14.5 Å². The lowest BCUT2D eigenvalue weighted by molar-refractivity contribution is -0.137. The maximum atomic E-state index is 12.0. The van der Waals surface area contributed by atoms with Gasteiger partial charge in [0, 0.05) is 6.08 Å². The lowest BCUT2D eigenvalue weighted by Gasteiger charge is -2.14. The second kappa shape index (κ2) is 6.35. The normalized spacial score (nSPS) is 14.3. The lowest BCUT2D eigenvalue weighted by atomic mass is 10.1. The molecule has 1 aliphatic rings. The van der Waals surface area contributed by atoms with E-state index in [2.05, 4.69) is 5.32 Å². The van der Waals surface area contributed by atoms with E-state index in [1.165, 1.54) is 6.07 Å². The number of aliphatic hydroxyl groups excluding tert-OH is 1. The monoisotopic (exact) mass is 344 g/mol. The standard InChI is InChI=1S/C13H10Cl2N2O5/c14-7-3-6(13(21)22)9(4-8(7)15)16-10-5-11(19)17(1-2-18)12(10)20/h3-5,16,18H,1-2H2,(H,21,22). The molecule has 0 spiro atoms. The molecule has 1 heterocycles. The predicted octanol–water partition coefficient (Wildman–Crippen LogP) is 1.35. The van der Waals surface area contributed by atoms with Crippen molar-refractivity contribution in [2.75, 3.05) is 18.5 Å². The summed E-state index contributed by atoms with van der Waals surface area (Å²) in [5.74, 6) is -2.54. The molecule has 116 valence electrons. The first kappa shape index (κ1) is 16.3. The number of rotatable bonds is 5. The van der Waals surface area contributed by atoms with Crippen molar-refractivity contribution < 1.29 is 24.6 Å². The fraction of sp³-hybridized carbons (Fsp3) is 0.154. The van der Waals surface area contributed by atoms with Gasteiger partial charge in [0.05, 0.1) is 34.4 Å². The van der Waals surface area contributed by atoms with E-state index in [4.69, 9.17) is 33.4 Å². The van der Waals surface area contributed by atoms with Gasteiger partial charge in [0.15, 0.2) is 0 Å². The van der Waals surface area contributed by atoms with Crippen LogP contribution in [0.15, 0.2) is 23.9 Å². The Kier molecular flexibility index (Phi) is 4.70. The molecular formula is C13H10Cl2N2O5. The number of carbonyl (C=O) groups is 3. The largest absolute Gasteiger partial charge is 0.478 e. The van der Waals surface area contributed by atoms with Crippen LogP contribution in [0.2, 0.25) is 10.0 Å². The molecule has 3 N–H and O–H groups in total. The minimum Gasteiger partial charge on any atom is -0.478 e. The van der Waals surface area contributed by atoms with Crippen LogP contribution in [-0.2, 0) is 9.59 Å². The van der Waals surface area contributed by atoms with E-state index in [9.17, 15) is 14.4 Å². The maximum Gasteiger partial charge on any atom is 0.337 e. The number of imide groups is 1. The van der Waals surface area contributed by atoms with E-state index in [0.717, 1.165) is 17.0 Å². The molecule has 7 nitrogen and oxygen atoms in total. The van der Waals surface area contributed by atoms with Crippen LogP contribution in [0.25, 0.3) is 0 Å². The molecule has 2 amide bonds. The lowest BCUT2D eigenvalue weighted by Crippen LogP contribution is -2.34. The highest BCUT2D eigenvalue weighted by atomic mass is 35.5. The quantitative estimate of drug-likeness (QED) is 0.696. The molecule has 1 aromatic carbocycles. The molecule has 0 saturated heterocycles. The minimum absolute atomic E-state index is 0.0279. The van der Waals surface area contributed by atoms with E-state index < -0.39 is 17.8 Å². The number of hydrogen-bond donors (Lipinski definition) is 3. The number of nitrogens with zero attached hydrogens (tertiary/aromatic N) is 1. The molecule has 0 aromatic heterocycles. The molecule has 0 fully saturated rings. The molecule has 0 radical (unpaired) electrons. The predicted molar refractivity (Wildman–Crippen MR) is 78.9 cm³/mol. The summed E-state index contributed by atoms with van der Waals surface area (Å²) in [4.78, 5) is 35.7. The molecule has 2 rings (SSSR count). The fourth-order valence-corrected chi connectivity index (χ4v) is 2.21. The summed E-state index contributed by atoms with van der Waals surface area (Å²) >= 11 is 11.6. The number of carboxylic acids is 1. The first-order valence-corrected chi connectivity index (χ1v) is 6.78. The van der Waals surface area contributed by atoms with Crippen molar-refractivity contribution in [3.05, 3.63) is 39.5 Å². The van der Waals surface area contributed by atoms with Crippen molar-refractivity contribution in [3.63, 3.8) is 0 Å². The fourth-order valence-electron chi connectivity index (χ4n) is 1.88. The maximum absolute atomic E-state index is 12.0. The van der Waals surface area contributed by atoms with Crippen molar-refractivity contribution in [2.45, 2.75) is 0 Å². The molecule has 0 atom stereocenters. The Balaban J connectivity index is 2.34. The summed E-state index contributed by atoms with van der Waals surface area (Å²) < 4.78 is 0. The first-order valence-electron chi connectivity index (χ1n) is 6.03. The third kappa shape index (κ3) is 3.06. The Bertz CT molecular complexity index is 702. The van der Waals surface area contributed by atoms with Crippen LogP contribution >= 0.6 is 23.2 Å². The van der Waals surface area contributed by atoms with Gasteiger partial charge in [-0.05, 0) is 12.1 Å². The molecule has 9 heteroatoms. The molecule has 0 bridgehead atoms. The van der Waals surface area contributed by atoms with Gasteiger partial charge in [0.1, 0.15) is 5.70 Å². The second-order valence-corrected chi connectivity index (χ2v) is 5.13. The summed E-state index contributed by atoms with van der Waals surface area (Å²) in [6, 6.07) is 2.39. The van der Waals surface area contributed by atoms with Crippen LogP contribution in [0.5, 0.6) is 0 Å². The van der Waals surface area contributed by atoms with Crippen molar-refractivity contribution in [3.8, 4) is 0 Å². The smallest absolute Gasteiger partial charge is 0.337 e. The van der Waals surface area contributed by atoms with Crippen LogP contribution < -0.4 is 5.32 Å². The van der Waals surface area contributed by atoms with E-state index in [0.29, 0.717) is 0 Å². The highest BCUT2D eigenvalue weighted by Crippen LogP contribution is 2.30. The van der Waals surface area contributed by atoms with Gasteiger partial charge in [0.2, 0.25) is 0 Å². The Hall–Kier alpha value is -2.09. The van der Waals surface area contributed by atoms with E-state index in [1.54, 1.807) is 0 Å². The highest BCUT2D eigenvalue weighted by Gasteiger charge is 2.31. The number of halogens is 2. The van der Waals surface area contributed by atoms with E-state index in [-0.39, 0.29) is 40.1 Å². The Morgan fingerprint density at radius 1 is 1.23 bits per heavy atom. The van der Waals surface area contributed by atoms with Gasteiger partial charge in [-0.1, -0.05) is 23.2 Å². The summed E-state index contributed by atoms with van der Waals surface area (Å²) in [5, 5.41) is 20.7. The third-order valence-electron chi connectivity index (χ3n) is 2.89. The number of carbonyl (C=O) groups excluding carboxylic acids is 2. The molecule has 1 aliphatic heterocycles. The number of β-amino-alcohol motifs (C(OH)–C–C–N with tert-alkyl or cyclic N) is 1. The number of amides is 2. The van der Waals surface area contributed by atoms with Crippen molar-refractivity contribution in [2.24, 2.45) is 0 Å². The van der Waals surface area contributed by atoms with Crippen LogP contribution in [0, 0.1) is 0 Å². The highest BCUT2D eigenvalue weighted by molar-refractivity contribution is 6.42. The minimum atomic E-state index is -1.27. The van der Waals surface area contributed by atoms with E-state index in [1.807, 2.05) is 0 Å². The summed E-state index contributed by atoms with van der Waals surface area (Å²) in [5.41, 5.74) is -0.282. The SMILES string of the molecule is O=C(O)c1cc(Cl)c(Cl)cc1NC1=CC(=O)N(CCO)C1=O. The average Bonchev–Trinajstić information content (AvgIpc) is 2.70. The topological polar surface area (TPSA) is 107 Å². The Labute approximate surface area is 134 Å². The average molecular weight is 345 g/mol. The molecule has 0 saturated carbocycles. The Morgan fingerprint density at radius 2 is 1.86 bits per heavy atom. The van der Waals surface area contributed by atoms with Gasteiger partial charge in [0.25, 0.3) is 11.8 Å². The molecule has 22 heavy (non-hydrogen) atoms. The van der Waals surface area contributed by atoms with Crippen LogP contribution in [0.4, 0.5) is 5.69 Å². The van der Waals surface area contributed by atoms with Crippen molar-refractivity contribution in [1.29, 1.82) is 0 Å². The summed E-state index contributed by atoms with van der Waals surface area (Å²) in [6.07, 6.45) is 1.02. The zero-order valence-electron chi connectivity index (χ0n) is 11.0. The molecule has 0 aliphatic carbocycles. The summed E-state index contributed by atoms with van der Waals surface area (Å²) in [7, 11) is 0. The van der Waals surface area contributed by atoms with Gasteiger partial charge in [-0.25, -0.2) is 4.79 Å². The van der Waals surface area contributed by atoms with Gasteiger partial charge in [-0.2, -0.15) is 0 Å². The van der Waals surface area contributed by atoms with Crippen LogP contribution in [0.3, 0.4) is 0 Å². The first-order chi connectivity index (χ1) is 10.3. The number of aliphatic hydroxyl groups is 1. The van der Waals surface area contributed by atoms with Gasteiger partial charge in [-0.15, -0.1) is 0 Å². The third-order valence-corrected chi connectivity index (χ3v) is 3.62. The molecule has 0 unspecified atom stereocenters. The van der Waals surface area contributed by atoms with Crippen LogP contribution in [-0.4, -0.2) is 46.0 Å². The molecule has 1 aromatic rings. The number of hydrogen-bond acceptors (Lipinski definition) is 5. The van der Waals surface area contributed by atoms with Crippen molar-refractivity contribution in [1.82, 2.24) is 4.90 Å². The zero-order chi connectivity index (χ0) is 16.4. The number of aromatic carboxylic acids is 1. The zero-order valence-corrected chi connectivity index (χ0v) is 12.5. The summed E-state index contributed by atoms with van der Waals surface area (Å²) in [6.45, 7) is -0.516. The van der Waals surface area contributed by atoms with Gasteiger partial charge < -0.3 is 15.5 Å². The second-order valence-electron chi connectivity index (χ2n) is 4.32. The van der Waals surface area contributed by atoms with Crippen LogP contribution in [0.1, 0.15) is 10.4 Å². The van der Waals surface area contributed by atoms with Gasteiger partial charge >= 0.3 is 5.97 Å². The molecular weight excluding hydrogens is 335 g/mol. The number of anilines is 1. The van der Waals surface area contributed by atoms with Crippen molar-refractivity contribution >= 4 is 46.7 Å². The number of benzene rings is 1. The number of nitrogens with one attached hydrogen (secondary N) is 1. The number of carboxylic acid groups (broad SMARTS) is 1. The van der Waals surface area contributed by atoms with E-state index >= 15 is 0 Å².